The average Bonchev–Trinajstić information content (AvgIpc) is 2.89. The van der Waals surface area contributed by atoms with E-state index in [2.05, 4.69) is 22.9 Å². The summed E-state index contributed by atoms with van der Waals surface area (Å²) in [5.41, 5.74) is 0.386. The molecule has 1 aliphatic heterocycles. The Labute approximate surface area is 158 Å². The molecule has 2 rings (SSSR count). The van der Waals surface area contributed by atoms with Crippen LogP contribution >= 0.6 is 0 Å². The highest BCUT2D eigenvalue weighted by Gasteiger charge is 2.31. The van der Waals surface area contributed by atoms with Crippen LogP contribution in [0.4, 0.5) is 0 Å². The van der Waals surface area contributed by atoms with Crippen LogP contribution in [0.3, 0.4) is 0 Å². The molecule has 8 nitrogen and oxygen atoms in total. The first kappa shape index (κ1) is 20.4. The van der Waals surface area contributed by atoms with E-state index in [9.17, 15) is 18.0 Å². The van der Waals surface area contributed by atoms with Gasteiger partial charge in [0.25, 0.3) is 15.9 Å². The zero-order chi connectivity index (χ0) is 20.0. The number of hydrogen-bond acceptors (Lipinski definition) is 6. The number of carbonyl (C=O) groups excluding carboxylic acids is 2. The molecule has 0 unspecified atom stereocenters. The van der Waals surface area contributed by atoms with Crippen LogP contribution in [0, 0.1) is 0 Å². The van der Waals surface area contributed by atoms with Crippen molar-refractivity contribution in [2.24, 2.45) is 4.99 Å². The molecule has 1 aliphatic rings. The van der Waals surface area contributed by atoms with Gasteiger partial charge in [-0.3, -0.25) is 14.5 Å². The molecule has 1 N–H and O–H groups in total. The minimum atomic E-state index is -3.69. The second-order valence-electron chi connectivity index (χ2n) is 5.74. The molecule has 0 fully saturated rings. The standard InChI is InChI=1S/C18H21N3O5S/c1-4-10-21(11-5-2)16(22)12-26-18(23)13(3)19-17-14-8-6-7-9-15(14)27(24,25)20-17/h4-9,13H,1-2,10-12H2,3H3,(H,19,20)/t13-/m0/s1. The fraction of sp³-hybridized carbons (Fsp3) is 0.278. The summed E-state index contributed by atoms with van der Waals surface area (Å²) in [4.78, 5) is 29.8. The normalized spacial score (nSPS) is 16.7. The van der Waals surface area contributed by atoms with E-state index >= 15 is 0 Å². The molecule has 1 aromatic carbocycles. The fourth-order valence-corrected chi connectivity index (χ4v) is 3.65. The van der Waals surface area contributed by atoms with E-state index in [0.717, 1.165) is 0 Å². The molecule has 0 spiro atoms. The number of amidine groups is 1. The average molecular weight is 391 g/mol. The number of nitrogens with one attached hydrogen (secondary N) is 1. The quantitative estimate of drug-likeness (QED) is 0.523. The van der Waals surface area contributed by atoms with E-state index in [1.807, 2.05) is 0 Å². The van der Waals surface area contributed by atoms with Crippen LogP contribution in [-0.4, -0.2) is 56.8 Å². The largest absolute Gasteiger partial charge is 0.454 e. The lowest BCUT2D eigenvalue weighted by Crippen LogP contribution is -2.36. The highest BCUT2D eigenvalue weighted by molar-refractivity contribution is 7.90. The monoisotopic (exact) mass is 391 g/mol. The number of aliphatic imine (C=N–C) groups is 1. The Morgan fingerprint density at radius 2 is 1.89 bits per heavy atom. The molecule has 0 aliphatic carbocycles. The van der Waals surface area contributed by atoms with Crippen molar-refractivity contribution in [3.63, 3.8) is 0 Å². The molecule has 1 heterocycles. The summed E-state index contributed by atoms with van der Waals surface area (Å²) in [7, 11) is -3.69. The van der Waals surface area contributed by atoms with Gasteiger partial charge in [-0.05, 0) is 19.1 Å². The topological polar surface area (TPSA) is 105 Å². The van der Waals surface area contributed by atoms with Gasteiger partial charge < -0.3 is 9.64 Å². The van der Waals surface area contributed by atoms with Crippen molar-refractivity contribution in [2.45, 2.75) is 17.9 Å². The van der Waals surface area contributed by atoms with E-state index in [1.165, 1.54) is 17.9 Å². The predicted octanol–water partition coefficient (Wildman–Crippen LogP) is 0.857. The number of benzene rings is 1. The van der Waals surface area contributed by atoms with E-state index < -0.39 is 34.5 Å². The number of amides is 1. The number of hydrogen-bond donors (Lipinski definition) is 1. The molecule has 0 saturated heterocycles. The number of ether oxygens (including phenoxy) is 1. The van der Waals surface area contributed by atoms with E-state index in [4.69, 9.17) is 4.74 Å². The minimum Gasteiger partial charge on any atom is -0.454 e. The van der Waals surface area contributed by atoms with Crippen molar-refractivity contribution in [3.05, 3.63) is 55.1 Å². The Bertz CT molecular complexity index is 882. The van der Waals surface area contributed by atoms with Gasteiger partial charge in [0.15, 0.2) is 6.61 Å². The van der Waals surface area contributed by atoms with Gasteiger partial charge in [0.2, 0.25) is 0 Å². The molecule has 1 amide bonds. The summed E-state index contributed by atoms with van der Waals surface area (Å²) >= 11 is 0. The van der Waals surface area contributed by atoms with Crippen molar-refractivity contribution in [1.82, 2.24) is 9.62 Å². The maximum Gasteiger partial charge on any atom is 0.331 e. The van der Waals surface area contributed by atoms with Crippen molar-refractivity contribution in [3.8, 4) is 0 Å². The summed E-state index contributed by atoms with van der Waals surface area (Å²) in [6.45, 7) is 8.75. The number of fused-ring (bicyclic) bond motifs is 1. The van der Waals surface area contributed by atoms with Crippen LogP contribution in [0.25, 0.3) is 0 Å². The first-order valence-electron chi connectivity index (χ1n) is 8.16. The minimum absolute atomic E-state index is 0.0707. The van der Waals surface area contributed by atoms with Gasteiger partial charge in [-0.15, -0.1) is 13.2 Å². The van der Waals surface area contributed by atoms with Gasteiger partial charge in [0, 0.05) is 18.7 Å². The maximum atomic E-state index is 12.1. The van der Waals surface area contributed by atoms with Crippen LogP contribution in [0.5, 0.6) is 0 Å². The summed E-state index contributed by atoms with van der Waals surface area (Å²) in [5, 5.41) is 0. The third-order valence-electron chi connectivity index (χ3n) is 3.72. The third kappa shape index (κ3) is 4.82. The molecule has 1 aromatic rings. The highest BCUT2D eigenvalue weighted by atomic mass is 32.2. The summed E-state index contributed by atoms with van der Waals surface area (Å²) in [5.74, 6) is -1.06. The van der Waals surface area contributed by atoms with Crippen LogP contribution in [-0.2, 0) is 24.3 Å². The lowest BCUT2D eigenvalue weighted by Gasteiger charge is -2.19. The maximum absolute atomic E-state index is 12.1. The van der Waals surface area contributed by atoms with Crippen LogP contribution < -0.4 is 4.72 Å². The lowest BCUT2D eigenvalue weighted by atomic mass is 10.2. The number of nitrogens with zero attached hydrogens (tertiary/aromatic N) is 2. The lowest BCUT2D eigenvalue weighted by molar-refractivity contribution is -0.152. The summed E-state index contributed by atoms with van der Waals surface area (Å²) in [6.07, 6.45) is 3.11. The van der Waals surface area contributed by atoms with E-state index in [0.29, 0.717) is 18.7 Å². The molecule has 144 valence electrons. The zero-order valence-corrected chi connectivity index (χ0v) is 15.7. The number of carbonyl (C=O) groups is 2. The molecule has 0 saturated carbocycles. The summed E-state index contributed by atoms with van der Waals surface area (Å²) < 4.78 is 31.4. The van der Waals surface area contributed by atoms with Crippen molar-refractivity contribution >= 4 is 27.7 Å². The van der Waals surface area contributed by atoms with Gasteiger partial charge in [-0.1, -0.05) is 24.3 Å². The number of rotatable bonds is 8. The highest BCUT2D eigenvalue weighted by Crippen LogP contribution is 2.22. The number of esters is 1. The first-order valence-corrected chi connectivity index (χ1v) is 9.64. The molecule has 9 heteroatoms. The van der Waals surface area contributed by atoms with Gasteiger partial charge in [-0.2, -0.15) is 0 Å². The van der Waals surface area contributed by atoms with Crippen LogP contribution in [0.1, 0.15) is 12.5 Å². The molecule has 0 radical (unpaired) electrons. The molecule has 0 aromatic heterocycles. The smallest absolute Gasteiger partial charge is 0.331 e. The Kier molecular flexibility index (Phi) is 6.51. The summed E-state index contributed by atoms with van der Waals surface area (Å²) in [6, 6.07) is 5.33. The van der Waals surface area contributed by atoms with Crippen molar-refractivity contribution in [2.75, 3.05) is 19.7 Å². The Hall–Kier alpha value is -2.94. The Balaban J connectivity index is 2.04. The van der Waals surface area contributed by atoms with Crippen molar-refractivity contribution in [1.29, 1.82) is 0 Å². The van der Waals surface area contributed by atoms with Gasteiger partial charge in [-0.25, -0.2) is 13.2 Å². The van der Waals surface area contributed by atoms with Crippen LogP contribution in [0.2, 0.25) is 0 Å². The van der Waals surface area contributed by atoms with Gasteiger partial charge in [0.1, 0.15) is 11.9 Å². The molecular weight excluding hydrogens is 370 g/mol. The second kappa shape index (κ2) is 8.63. The van der Waals surface area contributed by atoms with E-state index in [-0.39, 0.29) is 10.7 Å². The van der Waals surface area contributed by atoms with Gasteiger partial charge in [0.05, 0.1) is 4.90 Å². The molecule has 27 heavy (non-hydrogen) atoms. The molecule has 1 atom stereocenters. The Morgan fingerprint density at radius 3 is 2.52 bits per heavy atom. The molecule has 0 bridgehead atoms. The Morgan fingerprint density at radius 1 is 1.26 bits per heavy atom. The molecular formula is C18H21N3O5S. The third-order valence-corrected chi connectivity index (χ3v) is 5.11. The van der Waals surface area contributed by atoms with E-state index in [1.54, 1.807) is 30.4 Å². The van der Waals surface area contributed by atoms with Gasteiger partial charge >= 0.3 is 5.97 Å². The zero-order valence-electron chi connectivity index (χ0n) is 14.9. The van der Waals surface area contributed by atoms with Crippen molar-refractivity contribution < 1.29 is 22.7 Å². The SMILES string of the molecule is C=CCN(CC=C)C(=O)COC(=O)[C@H](C)N=C1NS(=O)(=O)c2ccccc21. The first-order chi connectivity index (χ1) is 12.8. The second-order valence-corrected chi connectivity index (χ2v) is 7.39. The predicted molar refractivity (Wildman–Crippen MR) is 101 cm³/mol. The number of sulfonamides is 1. The van der Waals surface area contributed by atoms with Crippen LogP contribution in [0.15, 0.2) is 59.5 Å². The fourth-order valence-electron chi connectivity index (χ4n) is 2.41.